The lowest BCUT2D eigenvalue weighted by Gasteiger charge is -2.26. The quantitative estimate of drug-likeness (QED) is 0.451. The molecule has 3 aromatic carbocycles. The minimum Gasteiger partial charge on any atom is -0.480 e. The molecule has 0 spiro atoms. The number of hydrogen-bond donors (Lipinski definition) is 2. The first kappa shape index (κ1) is 24.9. The lowest BCUT2D eigenvalue weighted by molar-refractivity contribution is -0.146. The summed E-state index contributed by atoms with van der Waals surface area (Å²) in [6.45, 7) is -0.469. The van der Waals surface area contributed by atoms with Crippen LogP contribution in [-0.2, 0) is 25.6 Å². The molecule has 36 heavy (non-hydrogen) atoms. The average Bonchev–Trinajstić information content (AvgIpc) is 3.20. The Bertz CT molecular complexity index is 1180. The summed E-state index contributed by atoms with van der Waals surface area (Å²) in [7, 11) is 1.40. The van der Waals surface area contributed by atoms with Crippen molar-refractivity contribution in [3.63, 3.8) is 0 Å². The van der Waals surface area contributed by atoms with E-state index in [1.54, 1.807) is 24.3 Å². The van der Waals surface area contributed by atoms with Crippen molar-refractivity contribution < 1.29 is 29.0 Å². The molecular formula is C28H28N2O6. The van der Waals surface area contributed by atoms with Gasteiger partial charge in [0.1, 0.15) is 19.2 Å². The lowest BCUT2D eigenvalue weighted by Crippen LogP contribution is -2.52. The van der Waals surface area contributed by atoms with Gasteiger partial charge in [-0.05, 0) is 27.8 Å². The van der Waals surface area contributed by atoms with Crippen molar-refractivity contribution in [2.75, 3.05) is 26.9 Å². The molecule has 0 heterocycles. The monoisotopic (exact) mass is 488 g/mol. The maximum absolute atomic E-state index is 13.2. The van der Waals surface area contributed by atoms with E-state index in [-0.39, 0.29) is 25.7 Å². The van der Waals surface area contributed by atoms with E-state index in [0.29, 0.717) is 0 Å². The fraction of sp³-hybridized carbons (Fsp3) is 0.250. The highest BCUT2D eigenvalue weighted by Crippen LogP contribution is 2.44. The van der Waals surface area contributed by atoms with E-state index >= 15 is 0 Å². The molecule has 2 N–H and O–H groups in total. The molecule has 1 atom stereocenters. The summed E-state index contributed by atoms with van der Waals surface area (Å²) in [6.07, 6.45) is -0.776. The van der Waals surface area contributed by atoms with Crippen molar-refractivity contribution in [2.24, 2.45) is 0 Å². The minimum atomic E-state index is -1.16. The fourth-order valence-electron chi connectivity index (χ4n) is 4.52. The van der Waals surface area contributed by atoms with Crippen molar-refractivity contribution in [2.45, 2.75) is 18.5 Å². The SMILES string of the molecule is COCC(NC(=O)OCC1c2ccccc2-c2ccccc21)C(=O)N(CC(=O)O)Cc1ccccc1. The van der Waals surface area contributed by atoms with E-state index < -0.39 is 30.6 Å². The molecule has 0 fully saturated rings. The van der Waals surface area contributed by atoms with Crippen LogP contribution in [0.4, 0.5) is 4.79 Å². The predicted octanol–water partition coefficient (Wildman–Crippen LogP) is 3.65. The number of nitrogens with one attached hydrogen (secondary N) is 1. The van der Waals surface area contributed by atoms with Crippen LogP contribution in [0.3, 0.4) is 0 Å². The second-order valence-corrected chi connectivity index (χ2v) is 8.55. The zero-order chi connectivity index (χ0) is 25.5. The summed E-state index contributed by atoms with van der Waals surface area (Å²) < 4.78 is 10.7. The van der Waals surface area contributed by atoms with Crippen LogP contribution in [0.15, 0.2) is 78.9 Å². The zero-order valence-electron chi connectivity index (χ0n) is 19.9. The van der Waals surface area contributed by atoms with Crippen molar-refractivity contribution in [3.8, 4) is 11.1 Å². The number of aliphatic carboxylic acids is 1. The highest BCUT2D eigenvalue weighted by molar-refractivity contribution is 5.88. The Morgan fingerprint density at radius 3 is 2.08 bits per heavy atom. The van der Waals surface area contributed by atoms with Gasteiger partial charge in [-0.15, -0.1) is 0 Å². The lowest BCUT2D eigenvalue weighted by atomic mass is 9.98. The van der Waals surface area contributed by atoms with E-state index in [1.165, 1.54) is 12.0 Å². The van der Waals surface area contributed by atoms with Crippen LogP contribution in [0.5, 0.6) is 0 Å². The first-order valence-electron chi connectivity index (χ1n) is 11.6. The van der Waals surface area contributed by atoms with Gasteiger partial charge in [-0.3, -0.25) is 9.59 Å². The number of alkyl carbamates (subject to hydrolysis) is 1. The third-order valence-electron chi connectivity index (χ3n) is 6.12. The first-order valence-corrected chi connectivity index (χ1v) is 11.6. The standard InChI is InChI=1S/C28H28N2O6/c1-35-18-25(27(33)30(16-26(31)32)15-19-9-3-2-4-10-19)29-28(34)36-17-24-22-13-7-5-11-20(22)21-12-6-8-14-23(21)24/h2-14,24-25H,15-18H2,1H3,(H,29,34)(H,31,32). The van der Waals surface area contributed by atoms with E-state index in [0.717, 1.165) is 27.8 Å². The number of carboxylic acids is 1. The third-order valence-corrected chi connectivity index (χ3v) is 6.12. The molecule has 8 heteroatoms. The van der Waals surface area contributed by atoms with Gasteiger partial charge in [0, 0.05) is 19.6 Å². The summed E-state index contributed by atoms with van der Waals surface area (Å²) in [4.78, 5) is 38.5. The second kappa shape index (κ2) is 11.5. The average molecular weight is 489 g/mol. The molecule has 0 aliphatic heterocycles. The molecule has 0 bridgehead atoms. The van der Waals surface area contributed by atoms with Gasteiger partial charge in [0.15, 0.2) is 0 Å². The second-order valence-electron chi connectivity index (χ2n) is 8.55. The predicted molar refractivity (Wildman–Crippen MR) is 133 cm³/mol. The first-order chi connectivity index (χ1) is 17.5. The fourth-order valence-corrected chi connectivity index (χ4v) is 4.52. The smallest absolute Gasteiger partial charge is 0.407 e. The van der Waals surface area contributed by atoms with Gasteiger partial charge in [0.25, 0.3) is 0 Å². The van der Waals surface area contributed by atoms with Crippen LogP contribution in [-0.4, -0.2) is 60.9 Å². The molecule has 4 rings (SSSR count). The number of carbonyl (C=O) groups is 3. The van der Waals surface area contributed by atoms with E-state index in [9.17, 15) is 19.5 Å². The maximum Gasteiger partial charge on any atom is 0.407 e. The number of ether oxygens (including phenoxy) is 2. The molecule has 0 saturated carbocycles. The third kappa shape index (κ3) is 5.72. The summed E-state index contributed by atoms with van der Waals surface area (Å²) in [5.74, 6) is -1.85. The van der Waals surface area contributed by atoms with E-state index in [2.05, 4.69) is 5.32 Å². The van der Waals surface area contributed by atoms with Crippen LogP contribution in [0.2, 0.25) is 0 Å². The van der Waals surface area contributed by atoms with E-state index in [1.807, 2.05) is 54.6 Å². The molecule has 1 aliphatic carbocycles. The molecule has 0 aromatic heterocycles. The van der Waals surface area contributed by atoms with E-state index in [4.69, 9.17) is 9.47 Å². The Morgan fingerprint density at radius 1 is 0.917 bits per heavy atom. The number of benzene rings is 3. The number of nitrogens with zero attached hydrogens (tertiary/aromatic N) is 1. The van der Waals surface area contributed by atoms with Gasteiger partial charge >= 0.3 is 12.1 Å². The van der Waals surface area contributed by atoms with Crippen LogP contribution < -0.4 is 5.32 Å². The molecule has 0 radical (unpaired) electrons. The summed E-state index contributed by atoms with van der Waals surface area (Å²) in [6, 6.07) is 23.9. The Morgan fingerprint density at radius 2 is 1.50 bits per heavy atom. The van der Waals surface area contributed by atoms with Crippen molar-refractivity contribution >= 4 is 18.0 Å². The molecule has 2 amide bonds. The van der Waals surface area contributed by atoms with Crippen LogP contribution >= 0.6 is 0 Å². The normalized spacial score (nSPS) is 12.8. The molecule has 186 valence electrons. The molecule has 3 aromatic rings. The maximum atomic E-state index is 13.2. The molecule has 8 nitrogen and oxygen atoms in total. The van der Waals surface area contributed by atoms with Gasteiger partial charge in [0.05, 0.1) is 6.61 Å². The Kier molecular flexibility index (Phi) is 7.97. The minimum absolute atomic E-state index is 0.0819. The zero-order valence-corrected chi connectivity index (χ0v) is 19.9. The van der Waals surface area contributed by atoms with Gasteiger partial charge in [-0.25, -0.2) is 4.79 Å². The van der Waals surface area contributed by atoms with Crippen LogP contribution in [0, 0.1) is 0 Å². The Hall–Kier alpha value is -4.17. The van der Waals surface area contributed by atoms with Gasteiger partial charge < -0.3 is 24.8 Å². The topological polar surface area (TPSA) is 105 Å². The number of hydrogen-bond acceptors (Lipinski definition) is 5. The van der Waals surface area contributed by atoms with Crippen molar-refractivity contribution in [1.29, 1.82) is 0 Å². The van der Waals surface area contributed by atoms with Crippen molar-refractivity contribution in [3.05, 3.63) is 95.6 Å². The number of carboxylic acid groups (broad SMARTS) is 1. The highest BCUT2D eigenvalue weighted by atomic mass is 16.5. The van der Waals surface area contributed by atoms with Crippen LogP contribution in [0.25, 0.3) is 11.1 Å². The van der Waals surface area contributed by atoms with Crippen LogP contribution in [0.1, 0.15) is 22.6 Å². The molecule has 1 aliphatic rings. The molecular weight excluding hydrogens is 460 g/mol. The number of fused-ring (bicyclic) bond motifs is 3. The summed E-state index contributed by atoms with van der Waals surface area (Å²) >= 11 is 0. The number of rotatable bonds is 10. The Labute approximate surface area is 209 Å². The molecule has 0 saturated heterocycles. The van der Waals surface area contributed by atoms with Gasteiger partial charge in [-0.2, -0.15) is 0 Å². The number of methoxy groups -OCH3 is 1. The van der Waals surface area contributed by atoms with Crippen molar-refractivity contribution in [1.82, 2.24) is 10.2 Å². The summed E-state index contributed by atoms with van der Waals surface area (Å²) in [5.41, 5.74) is 5.14. The Balaban J connectivity index is 1.44. The largest absolute Gasteiger partial charge is 0.480 e. The number of amides is 2. The summed E-state index contributed by atoms with van der Waals surface area (Å²) in [5, 5.41) is 11.9. The number of carbonyl (C=O) groups excluding carboxylic acids is 2. The van der Waals surface area contributed by atoms with Gasteiger partial charge in [-0.1, -0.05) is 78.9 Å². The van der Waals surface area contributed by atoms with Gasteiger partial charge in [0.2, 0.25) is 5.91 Å². The molecule has 1 unspecified atom stereocenters. The highest BCUT2D eigenvalue weighted by Gasteiger charge is 2.31.